The van der Waals surface area contributed by atoms with Crippen molar-refractivity contribution in [2.75, 3.05) is 6.54 Å². The summed E-state index contributed by atoms with van der Waals surface area (Å²) in [6.45, 7) is 7.71. The molecule has 1 aromatic rings. The molecule has 0 spiro atoms. The number of hydrogen-bond acceptors (Lipinski definition) is 4. The van der Waals surface area contributed by atoms with Crippen LogP contribution in [0.15, 0.2) is 18.2 Å². The van der Waals surface area contributed by atoms with E-state index in [0.717, 1.165) is 5.56 Å². The molecule has 0 radical (unpaired) electrons. The van der Waals surface area contributed by atoms with Crippen LogP contribution in [0.2, 0.25) is 0 Å². The number of benzene rings is 1. The van der Waals surface area contributed by atoms with Gasteiger partial charge in [0.2, 0.25) is 0 Å². The van der Waals surface area contributed by atoms with Crippen molar-refractivity contribution in [2.24, 2.45) is 0 Å². The molecule has 20 heavy (non-hydrogen) atoms. The first-order valence-electron chi connectivity index (χ1n) is 6.32. The van der Waals surface area contributed by atoms with Crippen LogP contribution < -0.4 is 0 Å². The van der Waals surface area contributed by atoms with E-state index >= 15 is 0 Å². The summed E-state index contributed by atoms with van der Waals surface area (Å²) in [5.41, 5.74) is 1.08. The van der Waals surface area contributed by atoms with Crippen LogP contribution in [0.25, 0.3) is 0 Å². The molecule has 0 aromatic heterocycles. The molecule has 6 nitrogen and oxygen atoms in total. The number of aliphatic carboxylic acids is 1. The van der Waals surface area contributed by atoms with Crippen LogP contribution in [0.5, 0.6) is 0 Å². The lowest BCUT2D eigenvalue weighted by molar-refractivity contribution is -0.385. The van der Waals surface area contributed by atoms with Crippen molar-refractivity contribution in [1.29, 1.82) is 0 Å². The predicted molar refractivity (Wildman–Crippen MR) is 75.6 cm³/mol. The Labute approximate surface area is 118 Å². The third-order valence-electron chi connectivity index (χ3n) is 3.25. The van der Waals surface area contributed by atoms with E-state index in [0.29, 0.717) is 12.1 Å². The number of nitro groups is 1. The van der Waals surface area contributed by atoms with E-state index in [1.807, 2.05) is 20.8 Å². The second-order valence-corrected chi connectivity index (χ2v) is 5.74. The van der Waals surface area contributed by atoms with Gasteiger partial charge in [-0.1, -0.05) is 12.1 Å². The van der Waals surface area contributed by atoms with Gasteiger partial charge in [-0.15, -0.1) is 0 Å². The van der Waals surface area contributed by atoms with E-state index in [1.165, 1.54) is 6.07 Å². The molecule has 1 aromatic carbocycles. The van der Waals surface area contributed by atoms with Crippen molar-refractivity contribution in [3.8, 4) is 0 Å². The van der Waals surface area contributed by atoms with E-state index in [1.54, 1.807) is 24.0 Å². The number of carbonyl (C=O) groups is 1. The molecule has 0 aliphatic carbocycles. The SMILES string of the molecule is Cc1c(CN(CC(=O)O)C(C)(C)C)cccc1[N+](=O)[O-]. The number of hydrogen-bond donors (Lipinski definition) is 1. The molecule has 6 heteroatoms. The summed E-state index contributed by atoms with van der Waals surface area (Å²) >= 11 is 0. The molecule has 0 unspecified atom stereocenters. The topological polar surface area (TPSA) is 83.7 Å². The summed E-state index contributed by atoms with van der Waals surface area (Å²) in [6.07, 6.45) is 0. The van der Waals surface area contributed by atoms with Crippen molar-refractivity contribution >= 4 is 11.7 Å². The molecular weight excluding hydrogens is 260 g/mol. The third-order valence-corrected chi connectivity index (χ3v) is 3.25. The molecule has 0 saturated heterocycles. The Kier molecular flexibility index (Phi) is 4.83. The summed E-state index contributed by atoms with van der Waals surface area (Å²) in [5, 5.41) is 19.9. The predicted octanol–water partition coefficient (Wildman–Crippen LogP) is 2.59. The Morgan fingerprint density at radius 1 is 1.40 bits per heavy atom. The highest BCUT2D eigenvalue weighted by molar-refractivity contribution is 5.69. The Hall–Kier alpha value is -1.95. The van der Waals surface area contributed by atoms with Gasteiger partial charge in [-0.05, 0) is 33.3 Å². The summed E-state index contributed by atoms with van der Waals surface area (Å²) in [6, 6.07) is 4.88. The van der Waals surface area contributed by atoms with Crippen molar-refractivity contribution < 1.29 is 14.8 Å². The maximum absolute atomic E-state index is 11.0. The highest BCUT2D eigenvalue weighted by Crippen LogP contribution is 2.24. The number of carboxylic acids is 1. The number of carboxylic acid groups (broad SMARTS) is 1. The van der Waals surface area contributed by atoms with E-state index in [9.17, 15) is 14.9 Å². The fraction of sp³-hybridized carbons (Fsp3) is 0.500. The zero-order chi connectivity index (χ0) is 15.5. The molecule has 1 N–H and O–H groups in total. The molecule has 0 amide bonds. The van der Waals surface area contributed by atoms with Gasteiger partial charge < -0.3 is 5.11 Å². The van der Waals surface area contributed by atoms with Gasteiger partial charge in [-0.3, -0.25) is 19.8 Å². The normalized spacial score (nSPS) is 11.7. The number of nitrogens with zero attached hydrogens (tertiary/aromatic N) is 2. The highest BCUT2D eigenvalue weighted by Gasteiger charge is 2.25. The minimum Gasteiger partial charge on any atom is -0.480 e. The average Bonchev–Trinajstić information content (AvgIpc) is 2.28. The molecule has 0 fully saturated rings. The highest BCUT2D eigenvalue weighted by atomic mass is 16.6. The second-order valence-electron chi connectivity index (χ2n) is 5.74. The largest absolute Gasteiger partial charge is 0.480 e. The minimum absolute atomic E-state index is 0.0617. The zero-order valence-corrected chi connectivity index (χ0v) is 12.2. The van der Waals surface area contributed by atoms with Crippen LogP contribution in [-0.4, -0.2) is 33.0 Å². The maximum atomic E-state index is 11.0. The number of nitro benzene ring substituents is 1. The van der Waals surface area contributed by atoms with Crippen LogP contribution >= 0.6 is 0 Å². The van der Waals surface area contributed by atoms with Crippen molar-refractivity contribution in [1.82, 2.24) is 4.90 Å². The lowest BCUT2D eigenvalue weighted by Crippen LogP contribution is -2.43. The van der Waals surface area contributed by atoms with Crippen LogP contribution in [0, 0.1) is 17.0 Å². The van der Waals surface area contributed by atoms with Gasteiger partial charge in [0.05, 0.1) is 11.5 Å². The molecule has 0 bridgehead atoms. The van der Waals surface area contributed by atoms with Crippen molar-refractivity contribution in [3.05, 3.63) is 39.4 Å². The van der Waals surface area contributed by atoms with Crippen LogP contribution in [0.3, 0.4) is 0 Å². The van der Waals surface area contributed by atoms with E-state index in [2.05, 4.69) is 0 Å². The molecular formula is C14H20N2O4. The van der Waals surface area contributed by atoms with Gasteiger partial charge in [0, 0.05) is 23.7 Å². The Balaban J connectivity index is 3.09. The molecule has 1 rings (SSSR count). The summed E-state index contributed by atoms with van der Waals surface area (Å²) in [5.74, 6) is -0.914. The molecule has 0 saturated carbocycles. The minimum atomic E-state index is -0.914. The monoisotopic (exact) mass is 280 g/mol. The van der Waals surface area contributed by atoms with Crippen LogP contribution in [-0.2, 0) is 11.3 Å². The molecule has 0 aliphatic rings. The van der Waals surface area contributed by atoms with Crippen molar-refractivity contribution in [3.63, 3.8) is 0 Å². The quantitative estimate of drug-likeness (QED) is 0.662. The van der Waals surface area contributed by atoms with Crippen LogP contribution in [0.4, 0.5) is 5.69 Å². The fourth-order valence-corrected chi connectivity index (χ4v) is 1.94. The van der Waals surface area contributed by atoms with Gasteiger partial charge >= 0.3 is 5.97 Å². The smallest absolute Gasteiger partial charge is 0.317 e. The zero-order valence-electron chi connectivity index (χ0n) is 12.2. The lowest BCUT2D eigenvalue weighted by atomic mass is 10.0. The second kappa shape index (κ2) is 6.00. The molecule has 0 atom stereocenters. The van der Waals surface area contributed by atoms with Gasteiger partial charge in [0.25, 0.3) is 5.69 Å². The maximum Gasteiger partial charge on any atom is 0.317 e. The fourth-order valence-electron chi connectivity index (χ4n) is 1.94. The van der Waals surface area contributed by atoms with Gasteiger partial charge in [0.1, 0.15) is 0 Å². The lowest BCUT2D eigenvalue weighted by Gasteiger charge is -2.34. The molecule has 0 heterocycles. The van der Waals surface area contributed by atoms with E-state index < -0.39 is 10.9 Å². The molecule has 0 aliphatic heterocycles. The first-order chi connectivity index (χ1) is 9.12. The summed E-state index contributed by atoms with van der Waals surface area (Å²) in [4.78, 5) is 23.2. The van der Waals surface area contributed by atoms with Crippen molar-refractivity contribution in [2.45, 2.75) is 39.8 Å². The van der Waals surface area contributed by atoms with Gasteiger partial charge in [-0.2, -0.15) is 0 Å². The summed E-state index contributed by atoms with van der Waals surface area (Å²) in [7, 11) is 0. The molecule has 110 valence electrons. The van der Waals surface area contributed by atoms with Crippen LogP contribution in [0.1, 0.15) is 31.9 Å². The Morgan fingerprint density at radius 2 is 2.00 bits per heavy atom. The number of rotatable bonds is 5. The summed E-state index contributed by atoms with van der Waals surface area (Å²) < 4.78 is 0. The Morgan fingerprint density at radius 3 is 2.45 bits per heavy atom. The standard InChI is InChI=1S/C14H20N2O4/c1-10-11(6-5-7-12(10)16(19)20)8-15(9-13(17)18)14(2,3)4/h5-7H,8-9H2,1-4H3,(H,17,18). The van der Waals surface area contributed by atoms with E-state index in [-0.39, 0.29) is 17.8 Å². The first kappa shape index (κ1) is 16.1. The third kappa shape index (κ3) is 4.03. The Bertz CT molecular complexity index is 520. The van der Waals surface area contributed by atoms with Gasteiger partial charge in [-0.25, -0.2) is 0 Å². The first-order valence-corrected chi connectivity index (χ1v) is 6.32. The average molecular weight is 280 g/mol. The van der Waals surface area contributed by atoms with Gasteiger partial charge in [0.15, 0.2) is 0 Å². The van der Waals surface area contributed by atoms with E-state index in [4.69, 9.17) is 5.11 Å².